The van der Waals surface area contributed by atoms with E-state index in [2.05, 4.69) is 4.98 Å². The monoisotopic (exact) mass is 138 g/mol. The van der Waals surface area contributed by atoms with Gasteiger partial charge >= 0.3 is 0 Å². The predicted molar refractivity (Wildman–Crippen MR) is 44.7 cm³/mol. The highest BCUT2D eigenvalue weighted by Gasteiger charge is 1.81. The van der Waals surface area contributed by atoms with Crippen molar-refractivity contribution in [2.45, 2.75) is 20.8 Å². The van der Waals surface area contributed by atoms with Gasteiger partial charge < -0.3 is 5.73 Å². The highest BCUT2D eigenvalue weighted by molar-refractivity contribution is 5.28. The Hall–Kier alpha value is -1.05. The van der Waals surface area contributed by atoms with Gasteiger partial charge in [0.05, 0.1) is 0 Å². The maximum Gasteiger partial charge on any atom is 0.123 e. The Balaban J connectivity index is 0.000000371. The molecule has 2 nitrogen and oxygen atoms in total. The van der Waals surface area contributed by atoms with E-state index in [0.717, 1.165) is 5.56 Å². The van der Waals surface area contributed by atoms with Gasteiger partial charge in [0, 0.05) is 6.20 Å². The van der Waals surface area contributed by atoms with Crippen LogP contribution in [0.3, 0.4) is 0 Å². The third kappa shape index (κ3) is 3.07. The van der Waals surface area contributed by atoms with Gasteiger partial charge in [-0.3, -0.25) is 0 Å². The Labute approximate surface area is 62.1 Å². The summed E-state index contributed by atoms with van der Waals surface area (Å²) in [5, 5.41) is 0. The average molecular weight is 138 g/mol. The van der Waals surface area contributed by atoms with E-state index in [1.807, 2.05) is 26.8 Å². The maximum absolute atomic E-state index is 5.32. The molecule has 0 fully saturated rings. The first-order chi connectivity index (χ1) is 4.79. The number of hydrogen-bond donors (Lipinski definition) is 1. The Morgan fingerprint density at radius 3 is 2.20 bits per heavy atom. The molecule has 0 bridgehead atoms. The minimum Gasteiger partial charge on any atom is -0.384 e. The first-order valence-corrected chi connectivity index (χ1v) is 3.47. The molecule has 0 spiro atoms. The van der Waals surface area contributed by atoms with Crippen molar-refractivity contribution >= 4 is 5.82 Å². The number of hydrogen-bond acceptors (Lipinski definition) is 2. The summed E-state index contributed by atoms with van der Waals surface area (Å²) < 4.78 is 0. The van der Waals surface area contributed by atoms with Crippen LogP contribution in [-0.4, -0.2) is 4.98 Å². The second-order valence-corrected chi connectivity index (χ2v) is 1.76. The molecule has 0 saturated heterocycles. The molecule has 0 atom stereocenters. The third-order valence-electron chi connectivity index (χ3n) is 0.934. The van der Waals surface area contributed by atoms with Gasteiger partial charge in [-0.15, -0.1) is 0 Å². The summed E-state index contributed by atoms with van der Waals surface area (Å²) in [6, 6.07) is 3.72. The molecule has 0 aliphatic heterocycles. The summed E-state index contributed by atoms with van der Waals surface area (Å²) in [5.41, 5.74) is 6.45. The van der Waals surface area contributed by atoms with Crippen LogP contribution in [0.25, 0.3) is 0 Å². The van der Waals surface area contributed by atoms with Crippen LogP contribution in [0.2, 0.25) is 0 Å². The second kappa shape index (κ2) is 4.79. The Bertz CT molecular complexity index is 146. The van der Waals surface area contributed by atoms with Crippen molar-refractivity contribution in [3.8, 4) is 0 Å². The smallest absolute Gasteiger partial charge is 0.123 e. The van der Waals surface area contributed by atoms with E-state index in [9.17, 15) is 0 Å². The molecule has 1 aromatic heterocycles. The fourth-order valence-corrected chi connectivity index (χ4v) is 0.479. The number of pyridine rings is 1. The quantitative estimate of drug-likeness (QED) is 0.595. The molecule has 0 aromatic carbocycles. The lowest BCUT2D eigenvalue weighted by molar-refractivity contribution is 1.28. The van der Waals surface area contributed by atoms with Crippen LogP contribution in [0.5, 0.6) is 0 Å². The minimum absolute atomic E-state index is 0.579. The topological polar surface area (TPSA) is 38.9 Å². The zero-order valence-electron chi connectivity index (χ0n) is 6.76. The SMILES string of the molecule is CC.Cc1ccc(N)nc1. The highest BCUT2D eigenvalue weighted by atomic mass is 14.8. The lowest BCUT2D eigenvalue weighted by Crippen LogP contribution is -1.87. The van der Waals surface area contributed by atoms with Crippen LogP contribution >= 0.6 is 0 Å². The van der Waals surface area contributed by atoms with Gasteiger partial charge in [-0.05, 0) is 18.6 Å². The number of nitrogen functional groups attached to an aromatic ring is 1. The standard InChI is InChI=1S/C6H8N2.C2H6/c1-5-2-3-6(7)8-4-5;1-2/h2-4H,1H3,(H2,7,8);1-2H3. The van der Waals surface area contributed by atoms with Crippen molar-refractivity contribution in [2.24, 2.45) is 0 Å². The van der Waals surface area contributed by atoms with E-state index >= 15 is 0 Å². The fraction of sp³-hybridized carbons (Fsp3) is 0.375. The lowest BCUT2D eigenvalue weighted by Gasteiger charge is -1.89. The van der Waals surface area contributed by atoms with Gasteiger partial charge in [0.25, 0.3) is 0 Å². The van der Waals surface area contributed by atoms with E-state index in [0.29, 0.717) is 5.82 Å². The third-order valence-corrected chi connectivity index (χ3v) is 0.934. The van der Waals surface area contributed by atoms with Crippen LogP contribution in [0.1, 0.15) is 19.4 Å². The first kappa shape index (κ1) is 8.95. The number of rotatable bonds is 0. The molecule has 10 heavy (non-hydrogen) atoms. The van der Waals surface area contributed by atoms with Gasteiger partial charge in [-0.25, -0.2) is 4.98 Å². The van der Waals surface area contributed by atoms with E-state index in [1.165, 1.54) is 0 Å². The van der Waals surface area contributed by atoms with Gasteiger partial charge in [0.2, 0.25) is 0 Å². The molecule has 2 heteroatoms. The summed E-state index contributed by atoms with van der Waals surface area (Å²) in [4.78, 5) is 3.86. The predicted octanol–water partition coefficient (Wildman–Crippen LogP) is 2.00. The summed E-state index contributed by atoms with van der Waals surface area (Å²) in [7, 11) is 0. The molecule has 2 N–H and O–H groups in total. The van der Waals surface area contributed by atoms with E-state index in [4.69, 9.17) is 5.73 Å². The molecule has 0 saturated carbocycles. The van der Waals surface area contributed by atoms with Crippen molar-refractivity contribution in [1.82, 2.24) is 4.98 Å². The molecule has 0 unspecified atom stereocenters. The molecule has 0 radical (unpaired) electrons. The van der Waals surface area contributed by atoms with Crippen LogP contribution in [0, 0.1) is 6.92 Å². The zero-order chi connectivity index (χ0) is 7.98. The Morgan fingerprint density at radius 1 is 1.30 bits per heavy atom. The number of nitrogens with zero attached hydrogens (tertiary/aromatic N) is 1. The minimum atomic E-state index is 0.579. The Kier molecular flexibility index (Phi) is 4.29. The molecule has 0 amide bonds. The summed E-state index contributed by atoms with van der Waals surface area (Å²) in [6.07, 6.45) is 1.75. The average Bonchev–Trinajstić information content (AvgIpc) is 2.00. The number of nitrogens with two attached hydrogens (primary N) is 1. The molecule has 1 aromatic rings. The van der Waals surface area contributed by atoms with Crippen molar-refractivity contribution in [2.75, 3.05) is 5.73 Å². The summed E-state index contributed by atoms with van der Waals surface area (Å²) >= 11 is 0. The largest absolute Gasteiger partial charge is 0.384 e. The van der Waals surface area contributed by atoms with Gasteiger partial charge in [0.15, 0.2) is 0 Å². The zero-order valence-corrected chi connectivity index (χ0v) is 6.76. The van der Waals surface area contributed by atoms with Gasteiger partial charge in [-0.2, -0.15) is 0 Å². The molecular weight excluding hydrogens is 124 g/mol. The lowest BCUT2D eigenvalue weighted by atomic mass is 10.3. The van der Waals surface area contributed by atoms with Gasteiger partial charge in [0.1, 0.15) is 5.82 Å². The van der Waals surface area contributed by atoms with E-state index < -0.39 is 0 Å². The van der Waals surface area contributed by atoms with Crippen molar-refractivity contribution in [3.63, 3.8) is 0 Å². The number of aryl methyl sites for hydroxylation is 1. The molecule has 0 aliphatic carbocycles. The second-order valence-electron chi connectivity index (χ2n) is 1.76. The van der Waals surface area contributed by atoms with E-state index in [-0.39, 0.29) is 0 Å². The van der Waals surface area contributed by atoms with Crippen LogP contribution in [-0.2, 0) is 0 Å². The highest BCUT2D eigenvalue weighted by Crippen LogP contribution is 1.97. The Morgan fingerprint density at radius 2 is 1.90 bits per heavy atom. The van der Waals surface area contributed by atoms with Crippen LogP contribution in [0.4, 0.5) is 5.82 Å². The molecule has 0 aliphatic rings. The normalized spacial score (nSPS) is 7.90. The molecule has 1 rings (SSSR count). The van der Waals surface area contributed by atoms with Gasteiger partial charge in [-0.1, -0.05) is 19.9 Å². The van der Waals surface area contributed by atoms with Crippen molar-refractivity contribution in [3.05, 3.63) is 23.9 Å². The fourth-order valence-electron chi connectivity index (χ4n) is 0.479. The maximum atomic E-state index is 5.32. The van der Waals surface area contributed by atoms with Crippen LogP contribution in [0.15, 0.2) is 18.3 Å². The molecule has 56 valence electrons. The number of aromatic nitrogens is 1. The van der Waals surface area contributed by atoms with Crippen molar-refractivity contribution in [1.29, 1.82) is 0 Å². The first-order valence-electron chi connectivity index (χ1n) is 3.47. The molecular formula is C8H14N2. The van der Waals surface area contributed by atoms with Crippen molar-refractivity contribution < 1.29 is 0 Å². The summed E-state index contributed by atoms with van der Waals surface area (Å²) in [5.74, 6) is 0.579. The van der Waals surface area contributed by atoms with E-state index in [1.54, 1.807) is 12.3 Å². The number of anilines is 1. The molecule has 1 heterocycles. The summed E-state index contributed by atoms with van der Waals surface area (Å²) in [6.45, 7) is 5.98. The van der Waals surface area contributed by atoms with Crippen LogP contribution < -0.4 is 5.73 Å².